The van der Waals surface area contributed by atoms with Crippen molar-refractivity contribution in [3.05, 3.63) is 47.9 Å². The summed E-state index contributed by atoms with van der Waals surface area (Å²) in [5.74, 6) is 0.497. The van der Waals surface area contributed by atoms with E-state index in [4.69, 9.17) is 15.2 Å². The van der Waals surface area contributed by atoms with Gasteiger partial charge in [0.25, 0.3) is 5.91 Å². The van der Waals surface area contributed by atoms with E-state index in [1.807, 2.05) is 13.0 Å². The largest absolute Gasteiger partial charge is 0.489 e. The van der Waals surface area contributed by atoms with Gasteiger partial charge >= 0.3 is 0 Å². The molecule has 0 saturated carbocycles. The Kier molecular flexibility index (Phi) is 5.80. The molecule has 0 spiro atoms. The van der Waals surface area contributed by atoms with Crippen LogP contribution in [-0.4, -0.2) is 54.7 Å². The number of nitrogens with zero attached hydrogens (tertiary/aromatic N) is 2. The predicted molar refractivity (Wildman–Crippen MR) is 96.8 cm³/mol. The highest BCUT2D eigenvalue weighted by molar-refractivity contribution is 5.95. The highest BCUT2D eigenvalue weighted by atomic mass is 19.1. The van der Waals surface area contributed by atoms with Gasteiger partial charge in [-0.1, -0.05) is 6.07 Å². The smallest absolute Gasteiger partial charge is 0.272 e. The zero-order valence-electron chi connectivity index (χ0n) is 14.7. The number of carbonyl (C=O) groups excluding carboxylic acids is 1. The number of hydrogen-bond acceptors (Lipinski definition) is 5. The lowest BCUT2D eigenvalue weighted by Crippen LogP contribution is -2.47. The molecule has 1 atom stereocenters. The van der Waals surface area contributed by atoms with Crippen molar-refractivity contribution >= 4 is 16.8 Å². The maximum atomic E-state index is 12.7. The molecule has 2 aromatic rings. The molecule has 2 N–H and O–H groups in total. The average Bonchev–Trinajstić information content (AvgIpc) is 2.68. The summed E-state index contributed by atoms with van der Waals surface area (Å²) in [7, 11) is 0. The number of benzene rings is 1. The highest BCUT2D eigenvalue weighted by Crippen LogP contribution is 2.21. The molecule has 6 nitrogen and oxygen atoms in total. The highest BCUT2D eigenvalue weighted by Gasteiger charge is 2.25. The van der Waals surface area contributed by atoms with Crippen LogP contribution in [0.4, 0.5) is 4.39 Å². The Balaban J connectivity index is 1.77. The van der Waals surface area contributed by atoms with Crippen molar-refractivity contribution < 1.29 is 18.7 Å². The predicted octanol–water partition coefficient (Wildman–Crippen LogP) is 2.29. The van der Waals surface area contributed by atoms with Crippen molar-refractivity contribution in [2.45, 2.75) is 13.0 Å². The number of ether oxygens (including phenoxy) is 2. The number of carbonyl (C=O) groups is 1. The lowest BCUT2D eigenvalue weighted by Gasteiger charge is -2.33. The standard InChI is InChI=1S/C19H22FN3O3/c1-13-11-25-7-6-23(13)19(24)18-4-2-15-8-16(3-5-17(15)22-18)26-12-14(9-20)10-21/h2-5,8-9,13H,6-7,10-12,21H2,1H3/b14-9+/t13-/m1/s1. The molecule has 7 heteroatoms. The Morgan fingerprint density at radius 2 is 2.31 bits per heavy atom. The van der Waals surface area contributed by atoms with Crippen molar-refractivity contribution in [1.82, 2.24) is 9.88 Å². The third-order valence-corrected chi connectivity index (χ3v) is 4.35. The Morgan fingerprint density at radius 3 is 3.04 bits per heavy atom. The van der Waals surface area contributed by atoms with Gasteiger partial charge in [-0.2, -0.15) is 0 Å². The molecule has 1 fully saturated rings. The summed E-state index contributed by atoms with van der Waals surface area (Å²) in [5.41, 5.74) is 6.90. The maximum Gasteiger partial charge on any atom is 0.272 e. The molecule has 2 heterocycles. The van der Waals surface area contributed by atoms with Gasteiger partial charge in [0.2, 0.25) is 0 Å². The van der Waals surface area contributed by atoms with Crippen LogP contribution >= 0.6 is 0 Å². The van der Waals surface area contributed by atoms with Crippen LogP contribution in [0.3, 0.4) is 0 Å². The van der Waals surface area contributed by atoms with E-state index in [0.29, 0.717) is 48.6 Å². The summed E-state index contributed by atoms with van der Waals surface area (Å²) in [4.78, 5) is 19.0. The number of fused-ring (bicyclic) bond motifs is 1. The van der Waals surface area contributed by atoms with Crippen molar-refractivity contribution in [3.8, 4) is 5.75 Å². The molecule has 1 aliphatic rings. The molecule has 0 aliphatic carbocycles. The van der Waals surface area contributed by atoms with Gasteiger partial charge in [0.1, 0.15) is 18.1 Å². The second-order valence-electron chi connectivity index (χ2n) is 6.23. The summed E-state index contributed by atoms with van der Waals surface area (Å²) in [6.45, 7) is 3.82. The Bertz CT molecular complexity index is 825. The fourth-order valence-corrected chi connectivity index (χ4v) is 2.80. The van der Waals surface area contributed by atoms with E-state index >= 15 is 0 Å². The van der Waals surface area contributed by atoms with Gasteiger partial charge < -0.3 is 20.1 Å². The van der Waals surface area contributed by atoms with Crippen molar-refractivity contribution in [2.75, 3.05) is 32.9 Å². The van der Waals surface area contributed by atoms with Gasteiger partial charge in [0.15, 0.2) is 0 Å². The summed E-state index contributed by atoms with van der Waals surface area (Å²) in [5, 5.41) is 0.840. The van der Waals surface area contributed by atoms with Crippen LogP contribution in [0, 0.1) is 0 Å². The summed E-state index contributed by atoms with van der Waals surface area (Å²) in [6.07, 6.45) is 0.465. The molecule has 1 aromatic carbocycles. The summed E-state index contributed by atoms with van der Waals surface area (Å²) < 4.78 is 23.5. The lowest BCUT2D eigenvalue weighted by molar-refractivity contribution is 0.00329. The van der Waals surface area contributed by atoms with E-state index in [0.717, 1.165) is 5.39 Å². The second-order valence-corrected chi connectivity index (χ2v) is 6.23. The SMILES string of the molecule is C[C@@H]1COCCN1C(=O)c1ccc2cc(OC/C(=C/F)CN)ccc2n1. The number of pyridine rings is 1. The fraction of sp³-hybridized carbons (Fsp3) is 0.368. The number of halogens is 1. The van der Waals surface area contributed by atoms with E-state index in [9.17, 15) is 9.18 Å². The van der Waals surface area contributed by atoms with E-state index in [1.54, 1.807) is 29.2 Å². The number of aromatic nitrogens is 1. The molecule has 1 saturated heterocycles. The van der Waals surface area contributed by atoms with E-state index in [-0.39, 0.29) is 25.1 Å². The number of morpholine rings is 1. The first-order valence-corrected chi connectivity index (χ1v) is 8.53. The lowest BCUT2D eigenvalue weighted by atomic mass is 10.1. The number of hydrogen-bond donors (Lipinski definition) is 1. The normalized spacial score (nSPS) is 18.2. The molecule has 1 aliphatic heterocycles. The Labute approximate surface area is 151 Å². The van der Waals surface area contributed by atoms with Crippen LogP contribution in [0.25, 0.3) is 10.9 Å². The second kappa shape index (κ2) is 8.25. The minimum absolute atomic E-state index is 0.0322. The van der Waals surface area contributed by atoms with Gasteiger partial charge in [-0.15, -0.1) is 0 Å². The van der Waals surface area contributed by atoms with E-state index in [2.05, 4.69) is 4.98 Å². The van der Waals surface area contributed by atoms with Crippen LogP contribution < -0.4 is 10.5 Å². The molecule has 138 valence electrons. The van der Waals surface area contributed by atoms with Crippen LogP contribution in [0.15, 0.2) is 42.2 Å². The zero-order valence-corrected chi connectivity index (χ0v) is 14.7. The molecule has 1 aromatic heterocycles. The van der Waals surface area contributed by atoms with Crippen molar-refractivity contribution in [1.29, 1.82) is 0 Å². The Hall–Kier alpha value is -2.51. The monoisotopic (exact) mass is 359 g/mol. The van der Waals surface area contributed by atoms with Crippen LogP contribution in [-0.2, 0) is 4.74 Å². The first kappa shape index (κ1) is 18.3. The van der Waals surface area contributed by atoms with Gasteiger partial charge in [0, 0.05) is 24.0 Å². The minimum Gasteiger partial charge on any atom is -0.489 e. The van der Waals surface area contributed by atoms with E-state index < -0.39 is 0 Å². The van der Waals surface area contributed by atoms with Crippen molar-refractivity contribution in [2.24, 2.45) is 5.73 Å². The number of nitrogens with two attached hydrogens (primary N) is 1. The molecular formula is C19H22FN3O3. The summed E-state index contributed by atoms with van der Waals surface area (Å²) >= 11 is 0. The summed E-state index contributed by atoms with van der Waals surface area (Å²) in [6, 6.07) is 8.91. The molecule has 0 bridgehead atoms. The molecule has 1 amide bonds. The number of amides is 1. The third kappa shape index (κ3) is 4.00. The average molecular weight is 359 g/mol. The molecule has 3 rings (SSSR count). The Morgan fingerprint density at radius 1 is 1.46 bits per heavy atom. The molecule has 0 unspecified atom stereocenters. The topological polar surface area (TPSA) is 77.7 Å². The van der Waals surface area contributed by atoms with Crippen molar-refractivity contribution in [3.63, 3.8) is 0 Å². The quantitative estimate of drug-likeness (QED) is 0.886. The van der Waals surface area contributed by atoms with Crippen LogP contribution in [0.1, 0.15) is 17.4 Å². The van der Waals surface area contributed by atoms with Gasteiger partial charge in [-0.05, 0) is 31.2 Å². The first-order valence-electron chi connectivity index (χ1n) is 8.53. The van der Waals surface area contributed by atoms with Gasteiger partial charge in [0.05, 0.1) is 31.1 Å². The molecule has 26 heavy (non-hydrogen) atoms. The van der Waals surface area contributed by atoms with Gasteiger partial charge in [-0.25, -0.2) is 9.37 Å². The third-order valence-electron chi connectivity index (χ3n) is 4.35. The fourth-order valence-electron chi connectivity index (χ4n) is 2.80. The van der Waals surface area contributed by atoms with Crippen LogP contribution in [0.2, 0.25) is 0 Å². The number of rotatable bonds is 5. The van der Waals surface area contributed by atoms with Gasteiger partial charge in [-0.3, -0.25) is 4.79 Å². The van der Waals surface area contributed by atoms with Crippen LogP contribution in [0.5, 0.6) is 5.75 Å². The minimum atomic E-state index is -0.0938. The molecule has 0 radical (unpaired) electrons. The zero-order chi connectivity index (χ0) is 18.5. The molecular weight excluding hydrogens is 337 g/mol. The first-order chi connectivity index (χ1) is 12.6. The maximum absolute atomic E-state index is 12.7. The van der Waals surface area contributed by atoms with E-state index in [1.165, 1.54) is 0 Å².